The molecule has 60 heavy (non-hydrogen) atoms. The fraction of sp³-hybridized carbons (Fsp3) is 0.510. The second-order valence-electron chi connectivity index (χ2n) is 17.8. The number of fused-ring (bicyclic) bond motifs is 2. The Morgan fingerprint density at radius 1 is 0.600 bits per heavy atom. The van der Waals surface area contributed by atoms with Crippen molar-refractivity contribution in [2.24, 2.45) is 5.73 Å². The van der Waals surface area contributed by atoms with Crippen LogP contribution in [0.25, 0.3) is 11.3 Å². The van der Waals surface area contributed by atoms with Gasteiger partial charge < -0.3 is 19.4 Å². The molecule has 11 nitrogen and oxygen atoms in total. The molecule has 3 aliphatic rings. The summed E-state index contributed by atoms with van der Waals surface area (Å²) in [6.45, 7) is 11.4. The van der Waals surface area contributed by atoms with Gasteiger partial charge in [0, 0.05) is 74.5 Å². The molecular weight excluding hydrogens is 743 g/mol. The number of nitrogens with two attached hydrogens (primary N) is 1. The van der Waals surface area contributed by atoms with Gasteiger partial charge in [0.2, 0.25) is 0 Å². The van der Waals surface area contributed by atoms with Crippen molar-refractivity contribution >= 4 is 11.3 Å². The second-order valence-corrected chi connectivity index (χ2v) is 17.8. The Morgan fingerprint density at radius 3 is 1.80 bits per heavy atom. The third-order valence-electron chi connectivity index (χ3n) is 14.1. The first kappa shape index (κ1) is 40.9. The van der Waals surface area contributed by atoms with Crippen molar-refractivity contribution in [2.45, 2.75) is 109 Å². The third kappa shape index (κ3) is 8.14. The van der Waals surface area contributed by atoms with Gasteiger partial charge in [-0.25, -0.2) is 9.97 Å². The number of likely N-dealkylation sites (tertiary alicyclic amines) is 2. The smallest absolute Gasteiger partial charge is 0.141 e. The number of piperazine rings is 1. The second kappa shape index (κ2) is 18.2. The van der Waals surface area contributed by atoms with Crippen LogP contribution in [0.1, 0.15) is 126 Å². The van der Waals surface area contributed by atoms with Gasteiger partial charge in [-0.15, -0.1) is 0 Å². The van der Waals surface area contributed by atoms with Gasteiger partial charge in [-0.05, 0) is 147 Å². The highest BCUT2D eigenvalue weighted by Gasteiger charge is 2.36. The molecule has 4 atom stereocenters. The fourth-order valence-electron chi connectivity index (χ4n) is 10.8. The van der Waals surface area contributed by atoms with Crippen molar-refractivity contribution in [1.29, 1.82) is 0 Å². The molecule has 2 N–H and O–H groups in total. The van der Waals surface area contributed by atoms with Crippen molar-refractivity contribution in [3.05, 3.63) is 130 Å². The zero-order chi connectivity index (χ0) is 41.2. The highest BCUT2D eigenvalue weighted by Crippen LogP contribution is 2.43. The predicted octanol–water partition coefficient (Wildman–Crippen LogP) is 7.83. The first-order valence-corrected chi connectivity index (χ1v) is 22.8. The largest absolute Gasteiger partial charge is 0.330 e. The van der Waals surface area contributed by atoms with Gasteiger partial charge in [0.1, 0.15) is 11.3 Å². The van der Waals surface area contributed by atoms with Crippen LogP contribution in [0.4, 0.5) is 0 Å². The summed E-state index contributed by atoms with van der Waals surface area (Å²) in [6, 6.07) is 20.6. The Labute approximate surface area is 356 Å². The van der Waals surface area contributed by atoms with Crippen molar-refractivity contribution in [2.75, 3.05) is 53.4 Å². The quantitative estimate of drug-likeness (QED) is 0.125. The Morgan fingerprint density at radius 2 is 1.17 bits per heavy atom. The molecule has 0 aromatic carbocycles. The molecule has 3 fully saturated rings. The maximum atomic E-state index is 6.10. The molecule has 9 heterocycles. The van der Waals surface area contributed by atoms with E-state index in [0.717, 1.165) is 102 Å². The van der Waals surface area contributed by atoms with Crippen molar-refractivity contribution in [3.63, 3.8) is 0 Å². The van der Waals surface area contributed by atoms with Gasteiger partial charge in [-0.2, -0.15) is 0 Å². The molecule has 3 aliphatic heterocycles. The molecule has 0 aliphatic carbocycles. The fourth-order valence-corrected chi connectivity index (χ4v) is 10.8. The third-order valence-corrected chi connectivity index (χ3v) is 14.1. The SMILES string of the molecule is Cc1cccnc1[C@@H]1CCC[C@H](c2nc3ccccn3c2CCCN2CCN(Cc3cccn4c(CCCN)c([C@H]5CCC[C@@H](c6ncccc6C)N5C)nc34)CC2)N1C. The van der Waals surface area contributed by atoms with Crippen LogP contribution in [0.5, 0.6) is 0 Å². The van der Waals surface area contributed by atoms with Gasteiger partial charge in [0.05, 0.1) is 46.9 Å². The predicted molar refractivity (Wildman–Crippen MR) is 240 cm³/mol. The minimum atomic E-state index is 0.252. The van der Waals surface area contributed by atoms with E-state index in [1.54, 1.807) is 0 Å². The molecule has 0 amide bonds. The number of piperidine rings is 2. The van der Waals surface area contributed by atoms with Crippen molar-refractivity contribution in [3.8, 4) is 0 Å². The van der Waals surface area contributed by atoms with E-state index < -0.39 is 0 Å². The molecule has 0 bridgehead atoms. The van der Waals surface area contributed by atoms with Gasteiger partial charge in [-0.1, -0.05) is 24.3 Å². The molecule has 0 radical (unpaired) electrons. The summed E-state index contributed by atoms with van der Waals surface area (Å²) in [6.07, 6.45) is 19.2. The zero-order valence-corrected chi connectivity index (χ0v) is 36.4. The number of hydrogen-bond acceptors (Lipinski definition) is 9. The molecule has 0 saturated carbocycles. The van der Waals surface area contributed by atoms with Crippen LogP contribution >= 0.6 is 0 Å². The Hall–Kier alpha value is -4.52. The summed E-state index contributed by atoms with van der Waals surface area (Å²) < 4.78 is 4.74. The number of rotatable bonds is 13. The molecule has 11 heteroatoms. The van der Waals surface area contributed by atoms with E-state index >= 15 is 0 Å². The van der Waals surface area contributed by atoms with Crippen LogP contribution in [0.3, 0.4) is 0 Å². The van der Waals surface area contributed by atoms with Gasteiger partial charge >= 0.3 is 0 Å². The normalized spacial score (nSPS) is 22.6. The number of aromatic nitrogens is 6. The molecular formula is C49H65N11. The van der Waals surface area contributed by atoms with Crippen molar-refractivity contribution < 1.29 is 0 Å². The molecule has 0 unspecified atom stereocenters. The number of nitrogens with zero attached hydrogens (tertiary/aromatic N) is 10. The van der Waals surface area contributed by atoms with E-state index in [9.17, 15) is 0 Å². The topological polar surface area (TPSA) is 99.4 Å². The van der Waals surface area contributed by atoms with Gasteiger partial charge in [0.25, 0.3) is 0 Å². The van der Waals surface area contributed by atoms with Crippen LogP contribution in [0, 0.1) is 13.8 Å². The summed E-state index contributed by atoms with van der Waals surface area (Å²) in [5.74, 6) is 0. The van der Waals surface area contributed by atoms with E-state index in [4.69, 9.17) is 25.7 Å². The lowest BCUT2D eigenvalue weighted by atomic mass is 9.90. The van der Waals surface area contributed by atoms with Crippen LogP contribution < -0.4 is 5.73 Å². The maximum absolute atomic E-state index is 6.10. The van der Waals surface area contributed by atoms with Gasteiger partial charge in [0.15, 0.2) is 0 Å². The van der Waals surface area contributed by atoms with Gasteiger partial charge in [-0.3, -0.25) is 24.7 Å². The number of pyridine rings is 4. The summed E-state index contributed by atoms with van der Waals surface area (Å²) in [5, 5.41) is 0. The number of hydrogen-bond donors (Lipinski definition) is 1. The Balaban J connectivity index is 0.860. The zero-order valence-electron chi connectivity index (χ0n) is 36.4. The molecule has 6 aromatic rings. The minimum absolute atomic E-state index is 0.252. The molecule has 3 saturated heterocycles. The van der Waals surface area contributed by atoms with E-state index in [1.165, 1.54) is 63.7 Å². The Bertz CT molecular complexity index is 2370. The molecule has 6 aromatic heterocycles. The first-order valence-electron chi connectivity index (χ1n) is 22.8. The van der Waals surface area contributed by atoms with Crippen molar-refractivity contribution in [1.82, 2.24) is 48.3 Å². The lowest BCUT2D eigenvalue weighted by molar-refractivity contribution is 0.108. The minimum Gasteiger partial charge on any atom is -0.330 e. The lowest BCUT2D eigenvalue weighted by Crippen LogP contribution is -2.46. The average Bonchev–Trinajstić information content (AvgIpc) is 3.83. The van der Waals surface area contributed by atoms with Crippen LogP contribution in [-0.2, 0) is 19.4 Å². The number of imidazole rings is 2. The number of aryl methyl sites for hydroxylation is 4. The molecule has 0 spiro atoms. The standard InChI is InChI=1S/C49H65N11/c1-35-14-10-25-51-45(35)38-17-7-19-40(55(38)3)47-42(59-28-6-5-23-44(59)53-47)22-13-27-57-30-32-58(33-31-57)34-37-16-12-29-60-43(21-9-24-50)48(54-49(37)60)41-20-8-18-39(56(41)4)46-36(2)15-11-26-52-46/h5-6,10-12,14-16,23,25-26,28-29,38-41H,7-9,13,17-22,24,27,30-34,50H2,1-4H3/t38-,39-,40+,41+/m0/s1. The van der Waals surface area contributed by atoms with Crippen LogP contribution in [0.2, 0.25) is 0 Å². The summed E-state index contributed by atoms with van der Waals surface area (Å²) in [5.41, 5.74) is 19.7. The maximum Gasteiger partial charge on any atom is 0.141 e. The monoisotopic (exact) mass is 808 g/mol. The van der Waals surface area contributed by atoms with Crippen LogP contribution in [0.15, 0.2) is 79.4 Å². The van der Waals surface area contributed by atoms with Crippen LogP contribution in [-0.4, -0.2) is 102 Å². The highest BCUT2D eigenvalue weighted by molar-refractivity contribution is 5.52. The summed E-state index contributed by atoms with van der Waals surface area (Å²) in [7, 11) is 4.57. The first-order chi connectivity index (χ1) is 29.4. The van der Waals surface area contributed by atoms with E-state index in [-0.39, 0.29) is 12.1 Å². The van der Waals surface area contributed by atoms with E-state index in [1.807, 2.05) is 24.5 Å². The highest BCUT2D eigenvalue weighted by atomic mass is 15.3. The molecule has 316 valence electrons. The summed E-state index contributed by atoms with van der Waals surface area (Å²) in [4.78, 5) is 31.0. The Kier molecular flexibility index (Phi) is 12.4. The van der Waals surface area contributed by atoms with E-state index in [2.05, 4.69) is 111 Å². The summed E-state index contributed by atoms with van der Waals surface area (Å²) >= 11 is 0. The lowest BCUT2D eigenvalue weighted by Gasteiger charge is -2.39. The molecule has 9 rings (SSSR count). The average molecular weight is 808 g/mol. The van der Waals surface area contributed by atoms with E-state index in [0.29, 0.717) is 18.6 Å².